The SMILES string of the molecule is COc1ccccc1OCc1cccc(N)c1. The molecule has 0 aliphatic heterocycles. The first-order valence-electron chi connectivity index (χ1n) is 5.40. The van der Waals surface area contributed by atoms with Crippen LogP contribution in [0.25, 0.3) is 0 Å². The number of para-hydroxylation sites is 2. The number of rotatable bonds is 4. The molecule has 0 unspecified atom stereocenters. The first-order chi connectivity index (χ1) is 8.29. The standard InChI is InChI=1S/C14H15NO2/c1-16-13-7-2-3-8-14(13)17-10-11-5-4-6-12(15)9-11/h2-9H,10,15H2,1H3. The van der Waals surface area contributed by atoms with E-state index in [2.05, 4.69) is 0 Å². The highest BCUT2D eigenvalue weighted by Crippen LogP contribution is 2.26. The van der Waals surface area contributed by atoms with Gasteiger partial charge in [-0.05, 0) is 29.8 Å². The zero-order chi connectivity index (χ0) is 12.1. The van der Waals surface area contributed by atoms with Crippen LogP contribution >= 0.6 is 0 Å². The zero-order valence-corrected chi connectivity index (χ0v) is 9.72. The lowest BCUT2D eigenvalue weighted by Crippen LogP contribution is -1.98. The fraction of sp³-hybridized carbons (Fsp3) is 0.143. The second-order valence-corrected chi connectivity index (χ2v) is 3.68. The molecule has 0 heterocycles. The van der Waals surface area contributed by atoms with Crippen LogP contribution in [-0.2, 0) is 6.61 Å². The summed E-state index contributed by atoms with van der Waals surface area (Å²) in [5.74, 6) is 1.47. The van der Waals surface area contributed by atoms with Crippen molar-refractivity contribution < 1.29 is 9.47 Å². The van der Waals surface area contributed by atoms with Crippen LogP contribution in [0.1, 0.15) is 5.56 Å². The highest BCUT2D eigenvalue weighted by atomic mass is 16.5. The maximum atomic E-state index is 5.70. The minimum atomic E-state index is 0.478. The zero-order valence-electron chi connectivity index (χ0n) is 9.72. The lowest BCUT2D eigenvalue weighted by atomic mass is 10.2. The van der Waals surface area contributed by atoms with E-state index in [1.165, 1.54) is 0 Å². The number of nitrogens with two attached hydrogens (primary N) is 1. The largest absolute Gasteiger partial charge is 0.493 e. The predicted molar refractivity (Wildman–Crippen MR) is 68.2 cm³/mol. The van der Waals surface area contributed by atoms with E-state index >= 15 is 0 Å². The number of nitrogen functional groups attached to an aromatic ring is 1. The molecule has 0 fully saturated rings. The van der Waals surface area contributed by atoms with Gasteiger partial charge in [-0.2, -0.15) is 0 Å². The van der Waals surface area contributed by atoms with Crippen molar-refractivity contribution >= 4 is 5.69 Å². The summed E-state index contributed by atoms with van der Waals surface area (Å²) in [6.45, 7) is 0.478. The van der Waals surface area contributed by atoms with Crippen molar-refractivity contribution in [3.8, 4) is 11.5 Å². The molecule has 0 bridgehead atoms. The maximum absolute atomic E-state index is 5.70. The van der Waals surface area contributed by atoms with Crippen molar-refractivity contribution in [1.29, 1.82) is 0 Å². The van der Waals surface area contributed by atoms with Gasteiger partial charge in [-0.15, -0.1) is 0 Å². The summed E-state index contributed by atoms with van der Waals surface area (Å²) in [5.41, 5.74) is 7.48. The van der Waals surface area contributed by atoms with Gasteiger partial charge in [0, 0.05) is 5.69 Å². The Hall–Kier alpha value is -2.16. The molecule has 3 nitrogen and oxygen atoms in total. The molecule has 0 radical (unpaired) electrons. The summed E-state index contributed by atoms with van der Waals surface area (Å²) in [7, 11) is 1.63. The van der Waals surface area contributed by atoms with E-state index in [0.29, 0.717) is 6.61 Å². The van der Waals surface area contributed by atoms with Crippen molar-refractivity contribution in [2.75, 3.05) is 12.8 Å². The Kier molecular flexibility index (Phi) is 3.50. The van der Waals surface area contributed by atoms with E-state index in [4.69, 9.17) is 15.2 Å². The average molecular weight is 229 g/mol. The summed E-state index contributed by atoms with van der Waals surface area (Å²) in [4.78, 5) is 0. The van der Waals surface area contributed by atoms with Gasteiger partial charge in [0.25, 0.3) is 0 Å². The van der Waals surface area contributed by atoms with Crippen LogP contribution < -0.4 is 15.2 Å². The van der Waals surface area contributed by atoms with E-state index in [1.54, 1.807) is 7.11 Å². The fourth-order valence-corrected chi connectivity index (χ4v) is 1.58. The summed E-state index contributed by atoms with van der Waals surface area (Å²) >= 11 is 0. The highest BCUT2D eigenvalue weighted by molar-refractivity contribution is 5.42. The molecule has 2 aromatic rings. The normalized spacial score (nSPS) is 9.94. The van der Waals surface area contributed by atoms with Gasteiger partial charge in [-0.1, -0.05) is 24.3 Å². The van der Waals surface area contributed by atoms with Crippen LogP contribution in [0.3, 0.4) is 0 Å². The molecule has 88 valence electrons. The van der Waals surface area contributed by atoms with Crippen LogP contribution in [0.15, 0.2) is 48.5 Å². The summed E-state index contributed by atoms with van der Waals surface area (Å²) in [6, 6.07) is 15.2. The van der Waals surface area contributed by atoms with Gasteiger partial charge >= 0.3 is 0 Å². The van der Waals surface area contributed by atoms with E-state index < -0.39 is 0 Å². The Balaban J connectivity index is 2.07. The average Bonchev–Trinajstić information content (AvgIpc) is 2.37. The molecular weight excluding hydrogens is 214 g/mol. The number of anilines is 1. The molecule has 0 atom stereocenters. The summed E-state index contributed by atoms with van der Waals surface area (Å²) < 4.78 is 10.9. The number of methoxy groups -OCH3 is 1. The first-order valence-corrected chi connectivity index (χ1v) is 5.40. The minimum absolute atomic E-state index is 0.478. The van der Waals surface area contributed by atoms with Gasteiger partial charge in [0.2, 0.25) is 0 Å². The van der Waals surface area contributed by atoms with Crippen molar-refractivity contribution in [3.63, 3.8) is 0 Å². The summed E-state index contributed by atoms with van der Waals surface area (Å²) in [6.07, 6.45) is 0. The van der Waals surface area contributed by atoms with Crippen molar-refractivity contribution in [2.45, 2.75) is 6.61 Å². The van der Waals surface area contributed by atoms with Gasteiger partial charge in [-0.3, -0.25) is 0 Å². The van der Waals surface area contributed by atoms with Crippen LogP contribution in [-0.4, -0.2) is 7.11 Å². The molecule has 3 heteroatoms. The monoisotopic (exact) mass is 229 g/mol. The van der Waals surface area contributed by atoms with Crippen molar-refractivity contribution in [2.24, 2.45) is 0 Å². The molecule has 0 aliphatic rings. The van der Waals surface area contributed by atoms with Gasteiger partial charge in [0.1, 0.15) is 6.61 Å². The summed E-state index contributed by atoms with van der Waals surface area (Å²) in [5, 5.41) is 0. The van der Waals surface area contributed by atoms with E-state index in [-0.39, 0.29) is 0 Å². The molecule has 0 aromatic heterocycles. The highest BCUT2D eigenvalue weighted by Gasteiger charge is 2.02. The quantitative estimate of drug-likeness (QED) is 0.820. The van der Waals surface area contributed by atoms with Gasteiger partial charge in [-0.25, -0.2) is 0 Å². The molecule has 0 saturated carbocycles. The van der Waals surface area contributed by atoms with Crippen molar-refractivity contribution in [1.82, 2.24) is 0 Å². The number of hydrogen-bond acceptors (Lipinski definition) is 3. The molecule has 2 N–H and O–H groups in total. The molecule has 0 amide bonds. The minimum Gasteiger partial charge on any atom is -0.493 e. The fourth-order valence-electron chi connectivity index (χ4n) is 1.58. The molecule has 0 saturated heterocycles. The van der Waals surface area contributed by atoms with Crippen LogP contribution in [0.2, 0.25) is 0 Å². The smallest absolute Gasteiger partial charge is 0.161 e. The molecule has 0 aliphatic carbocycles. The van der Waals surface area contributed by atoms with E-state index in [9.17, 15) is 0 Å². The number of ether oxygens (including phenoxy) is 2. The molecular formula is C14H15NO2. The lowest BCUT2D eigenvalue weighted by Gasteiger charge is -2.10. The lowest BCUT2D eigenvalue weighted by molar-refractivity contribution is 0.284. The Morgan fingerprint density at radius 3 is 2.47 bits per heavy atom. The second-order valence-electron chi connectivity index (χ2n) is 3.68. The van der Waals surface area contributed by atoms with Crippen molar-refractivity contribution in [3.05, 3.63) is 54.1 Å². The predicted octanol–water partition coefficient (Wildman–Crippen LogP) is 2.86. The molecule has 17 heavy (non-hydrogen) atoms. The third-order valence-electron chi connectivity index (χ3n) is 2.41. The van der Waals surface area contributed by atoms with Crippen LogP contribution in [0.5, 0.6) is 11.5 Å². The molecule has 2 aromatic carbocycles. The maximum Gasteiger partial charge on any atom is 0.161 e. The van der Waals surface area contributed by atoms with Crippen LogP contribution in [0.4, 0.5) is 5.69 Å². The third-order valence-corrected chi connectivity index (χ3v) is 2.41. The van der Waals surface area contributed by atoms with Crippen LogP contribution in [0, 0.1) is 0 Å². The van der Waals surface area contributed by atoms with E-state index in [0.717, 1.165) is 22.7 Å². The second kappa shape index (κ2) is 5.25. The van der Waals surface area contributed by atoms with Gasteiger partial charge in [0.05, 0.1) is 7.11 Å². The van der Waals surface area contributed by atoms with E-state index in [1.807, 2.05) is 48.5 Å². The molecule has 0 spiro atoms. The Bertz CT molecular complexity index is 497. The Labute approximate surface area is 101 Å². The number of hydrogen-bond donors (Lipinski definition) is 1. The van der Waals surface area contributed by atoms with Gasteiger partial charge < -0.3 is 15.2 Å². The topological polar surface area (TPSA) is 44.5 Å². The first kappa shape index (κ1) is 11.3. The number of benzene rings is 2. The molecule has 2 rings (SSSR count). The third kappa shape index (κ3) is 2.91. The Morgan fingerprint density at radius 1 is 1.00 bits per heavy atom. The Morgan fingerprint density at radius 2 is 1.76 bits per heavy atom. The van der Waals surface area contributed by atoms with Gasteiger partial charge in [0.15, 0.2) is 11.5 Å².